The molecular weight excluding hydrogens is 398 g/mol. The number of aliphatic hydroxyl groups is 1. The topological polar surface area (TPSA) is 164 Å². The lowest BCUT2D eigenvalue weighted by molar-refractivity contribution is -0.149. The maximum Gasteiger partial charge on any atom is 0.488 e. The second-order valence-electron chi connectivity index (χ2n) is 6.28. The molecule has 4 heterocycles. The van der Waals surface area contributed by atoms with E-state index in [0.29, 0.717) is 0 Å². The molecule has 28 heavy (non-hydrogen) atoms. The van der Waals surface area contributed by atoms with Gasteiger partial charge in [0.2, 0.25) is 6.79 Å². The first-order valence-corrected chi connectivity index (χ1v) is 9.88. The number of fused-ring (bicyclic) bond motifs is 2. The summed E-state index contributed by atoms with van der Waals surface area (Å²) in [5.74, 6) is -0.368. The number of carbonyl (C=O) groups is 1. The first kappa shape index (κ1) is 19.4. The van der Waals surface area contributed by atoms with Gasteiger partial charge in [-0.05, 0) is 0 Å². The van der Waals surface area contributed by atoms with Gasteiger partial charge in [0, 0.05) is 6.92 Å². The zero-order chi connectivity index (χ0) is 20.1. The SMILES string of the molecule is [B][P+]1(OCOC(C)=O)OCC2OC(N3CNc4c3[nH]c(=O)[nH]c4=O)C(O)[C@@H]2O1. The second-order valence-corrected chi connectivity index (χ2v) is 8.09. The maximum atomic E-state index is 11.9. The van der Waals surface area contributed by atoms with E-state index in [0.717, 1.165) is 0 Å². The molecule has 2 radical (unpaired) electrons. The Labute approximate surface area is 159 Å². The Bertz CT molecular complexity index is 895. The Hall–Kier alpha value is -1.96. The first-order valence-electron chi connectivity index (χ1n) is 8.26. The molecule has 3 aliphatic heterocycles. The van der Waals surface area contributed by atoms with Crippen LogP contribution in [0.2, 0.25) is 0 Å². The number of esters is 1. The normalized spacial score (nSPS) is 33.9. The molecule has 1 aromatic rings. The minimum absolute atomic E-state index is 0.0252. The molecule has 4 rings (SSSR count). The van der Waals surface area contributed by atoms with Gasteiger partial charge in [-0.2, -0.15) is 13.6 Å². The lowest BCUT2D eigenvalue weighted by Gasteiger charge is -2.30. The number of ether oxygens (including phenoxy) is 2. The van der Waals surface area contributed by atoms with E-state index in [-0.39, 0.29) is 24.8 Å². The third-order valence-corrected chi connectivity index (χ3v) is 5.95. The molecule has 13 nitrogen and oxygen atoms in total. The van der Waals surface area contributed by atoms with E-state index in [9.17, 15) is 19.5 Å². The Morgan fingerprint density at radius 1 is 1.43 bits per heavy atom. The maximum absolute atomic E-state index is 11.9. The molecule has 0 saturated carbocycles. The minimum Gasteiger partial charge on any atom is -0.434 e. The van der Waals surface area contributed by atoms with Gasteiger partial charge in [-0.15, -0.1) is 0 Å². The highest BCUT2D eigenvalue weighted by Crippen LogP contribution is 2.62. The molecule has 0 spiro atoms. The fourth-order valence-electron chi connectivity index (χ4n) is 3.18. The highest BCUT2D eigenvalue weighted by Gasteiger charge is 2.59. The number of aliphatic hydroxyl groups excluding tert-OH is 1. The van der Waals surface area contributed by atoms with Crippen molar-refractivity contribution in [2.75, 3.05) is 30.3 Å². The largest absolute Gasteiger partial charge is 0.488 e. The molecule has 0 aliphatic carbocycles. The predicted octanol–water partition coefficient (Wildman–Crippen LogP) is -1.86. The zero-order valence-corrected chi connectivity index (χ0v) is 15.5. The van der Waals surface area contributed by atoms with E-state index < -0.39 is 56.4 Å². The van der Waals surface area contributed by atoms with Crippen LogP contribution in [0.15, 0.2) is 9.59 Å². The standard InChI is InChI=1S/C13H17BN4O9P/c1-5(19)23-4-25-28(14)24-2-6-9(27-28)8(20)12(26-6)18-3-15-7-10(18)16-13(22)17-11(7)21/h6,8-9,12,15,20H,2-4H2,1H3,(H2,16,17,21,22)/q+1/t6?,8?,9-,12?,28?/m1/s1. The zero-order valence-electron chi connectivity index (χ0n) is 14.6. The first-order chi connectivity index (χ1) is 13.3. The molecule has 3 aliphatic rings. The lowest BCUT2D eigenvalue weighted by Crippen LogP contribution is -2.46. The Kier molecular flexibility index (Phi) is 4.94. The van der Waals surface area contributed by atoms with Gasteiger partial charge in [0.05, 0.1) is 6.67 Å². The van der Waals surface area contributed by atoms with E-state index in [1.807, 2.05) is 0 Å². The van der Waals surface area contributed by atoms with Crippen molar-refractivity contribution < 1.29 is 32.9 Å². The number of aromatic amines is 2. The van der Waals surface area contributed by atoms with Crippen molar-refractivity contribution in [3.05, 3.63) is 20.8 Å². The summed E-state index contributed by atoms with van der Waals surface area (Å²) < 4.78 is 26.7. The number of nitrogens with one attached hydrogen (secondary N) is 3. The summed E-state index contributed by atoms with van der Waals surface area (Å²) in [5, 5.41) is 13.6. The van der Waals surface area contributed by atoms with Crippen molar-refractivity contribution in [1.82, 2.24) is 9.97 Å². The molecule has 1 aromatic heterocycles. The molecule has 4 unspecified atom stereocenters. The van der Waals surface area contributed by atoms with Gasteiger partial charge in [-0.25, -0.2) is 4.79 Å². The number of aromatic nitrogens is 2. The van der Waals surface area contributed by atoms with Gasteiger partial charge < -0.3 is 24.8 Å². The molecule has 4 N–H and O–H groups in total. The molecule has 5 atom stereocenters. The minimum atomic E-state index is -3.33. The molecular formula is C13H17BN4O9P+. The number of hydrogen-bond donors (Lipinski definition) is 4. The van der Waals surface area contributed by atoms with E-state index in [4.69, 9.17) is 25.9 Å². The van der Waals surface area contributed by atoms with Crippen molar-refractivity contribution in [2.45, 2.75) is 31.5 Å². The molecule has 15 heteroatoms. The van der Waals surface area contributed by atoms with Crippen LogP contribution < -0.4 is 21.5 Å². The van der Waals surface area contributed by atoms with Gasteiger partial charge in [0.25, 0.3) is 5.56 Å². The number of nitrogens with zero attached hydrogens (tertiary/aromatic N) is 1. The van der Waals surface area contributed by atoms with Crippen LogP contribution >= 0.6 is 7.82 Å². The van der Waals surface area contributed by atoms with Crippen LogP contribution in [0.25, 0.3) is 0 Å². The van der Waals surface area contributed by atoms with Gasteiger partial charge in [0.15, 0.2) is 12.3 Å². The summed E-state index contributed by atoms with van der Waals surface area (Å²) in [6, 6.07) is 0. The van der Waals surface area contributed by atoms with Crippen LogP contribution in [0.3, 0.4) is 0 Å². The third-order valence-electron chi connectivity index (χ3n) is 4.44. The average molecular weight is 415 g/mol. The van der Waals surface area contributed by atoms with Gasteiger partial charge in [-0.3, -0.25) is 19.6 Å². The summed E-state index contributed by atoms with van der Waals surface area (Å²) in [6.45, 7) is 0.847. The third kappa shape index (κ3) is 3.43. The van der Waals surface area contributed by atoms with Gasteiger partial charge in [0.1, 0.15) is 30.3 Å². The lowest BCUT2D eigenvalue weighted by atomic mass is 10.1. The fraction of sp³-hybridized carbons (Fsp3) is 0.615. The van der Waals surface area contributed by atoms with Crippen LogP contribution in [-0.2, 0) is 27.8 Å². The Morgan fingerprint density at radius 3 is 2.96 bits per heavy atom. The van der Waals surface area contributed by atoms with Crippen molar-refractivity contribution in [3.8, 4) is 0 Å². The van der Waals surface area contributed by atoms with Crippen molar-refractivity contribution in [1.29, 1.82) is 0 Å². The number of rotatable bonds is 4. The highest BCUT2D eigenvalue weighted by atomic mass is 31.2. The van der Waals surface area contributed by atoms with Crippen LogP contribution in [0.5, 0.6) is 0 Å². The molecule has 2 fully saturated rings. The van der Waals surface area contributed by atoms with Gasteiger partial charge in [-0.1, -0.05) is 0 Å². The number of hydrogen-bond acceptors (Lipinski definition) is 11. The van der Waals surface area contributed by atoms with E-state index in [1.165, 1.54) is 11.8 Å². The predicted molar refractivity (Wildman–Crippen MR) is 94.5 cm³/mol. The Balaban J connectivity index is 1.49. The number of H-pyrrole nitrogens is 2. The van der Waals surface area contributed by atoms with Crippen LogP contribution in [0, 0.1) is 0 Å². The number of anilines is 2. The fourth-order valence-corrected chi connectivity index (χ4v) is 4.53. The molecule has 0 aromatic carbocycles. The summed E-state index contributed by atoms with van der Waals surface area (Å²) in [6.07, 6.45) is -3.67. The van der Waals surface area contributed by atoms with E-state index >= 15 is 0 Å². The van der Waals surface area contributed by atoms with Crippen molar-refractivity contribution in [2.24, 2.45) is 0 Å². The van der Waals surface area contributed by atoms with Gasteiger partial charge >= 0.3 is 27.0 Å². The summed E-state index contributed by atoms with van der Waals surface area (Å²) >= 11 is 0. The van der Waals surface area contributed by atoms with E-state index in [1.54, 1.807) is 0 Å². The van der Waals surface area contributed by atoms with E-state index in [2.05, 4.69) is 20.0 Å². The summed E-state index contributed by atoms with van der Waals surface area (Å²) in [7, 11) is 2.62. The average Bonchev–Trinajstić information content (AvgIpc) is 3.16. The molecule has 0 amide bonds. The number of carbonyl (C=O) groups excluding carboxylic acids is 1. The molecule has 0 bridgehead atoms. The quantitative estimate of drug-likeness (QED) is 0.189. The van der Waals surface area contributed by atoms with Crippen LogP contribution in [0.1, 0.15) is 6.92 Å². The van der Waals surface area contributed by atoms with Crippen LogP contribution in [-0.4, -0.2) is 73.2 Å². The van der Waals surface area contributed by atoms with Crippen molar-refractivity contribution >= 4 is 32.9 Å². The second kappa shape index (κ2) is 7.14. The molecule has 2 saturated heterocycles. The smallest absolute Gasteiger partial charge is 0.434 e. The van der Waals surface area contributed by atoms with Crippen molar-refractivity contribution in [3.63, 3.8) is 0 Å². The highest BCUT2D eigenvalue weighted by molar-refractivity contribution is 7.85. The monoisotopic (exact) mass is 415 g/mol. The summed E-state index contributed by atoms with van der Waals surface area (Å²) in [4.78, 5) is 40.4. The summed E-state index contributed by atoms with van der Waals surface area (Å²) in [5.41, 5.74) is -1.11. The van der Waals surface area contributed by atoms with Crippen LogP contribution in [0.4, 0.5) is 11.5 Å². The molecule has 150 valence electrons. The Morgan fingerprint density at radius 2 is 2.21 bits per heavy atom.